The Hall–Kier alpha value is -6.56. The van der Waals surface area contributed by atoms with Crippen LogP contribution in [0.1, 0.15) is 27.0 Å². The molecule has 0 spiro atoms. The van der Waals surface area contributed by atoms with E-state index in [2.05, 4.69) is 64.9 Å². The highest BCUT2D eigenvalue weighted by Crippen LogP contribution is 2.33. The van der Waals surface area contributed by atoms with E-state index in [1.165, 1.54) is 0 Å². The Morgan fingerprint density at radius 3 is 2.22 bits per heavy atom. The standard InChI is InChI=1S/C41H31N5O3/c42-25-30-10-19-37(43-26-30)32-11-8-29(9-12-32)27-49-23-21-28-6-13-33(14-7-28)39-40(44-36-17-15-34(16-18-36)41(47)48)46-22-20-35(24-38(46)45-39)31-4-2-1-3-5-31/h1-20,22,24,26,44H,21,23,27H2,(H,47,48). The molecular weight excluding hydrogens is 610 g/mol. The van der Waals surface area contributed by atoms with E-state index >= 15 is 0 Å². The number of benzene rings is 4. The van der Waals surface area contributed by atoms with Crippen LogP contribution in [0.15, 0.2) is 140 Å². The molecule has 2 N–H and O–H groups in total. The quantitative estimate of drug-likeness (QED) is 0.136. The predicted molar refractivity (Wildman–Crippen MR) is 190 cm³/mol. The van der Waals surface area contributed by atoms with Crippen LogP contribution in [-0.2, 0) is 17.8 Å². The largest absolute Gasteiger partial charge is 0.478 e. The van der Waals surface area contributed by atoms with Gasteiger partial charge in [0.15, 0.2) is 0 Å². The molecule has 238 valence electrons. The molecule has 0 aliphatic rings. The van der Waals surface area contributed by atoms with E-state index in [1.54, 1.807) is 36.5 Å². The first-order valence-electron chi connectivity index (χ1n) is 15.8. The van der Waals surface area contributed by atoms with Gasteiger partial charge in [0.2, 0.25) is 0 Å². The summed E-state index contributed by atoms with van der Waals surface area (Å²) in [4.78, 5) is 20.8. The summed E-state index contributed by atoms with van der Waals surface area (Å²) in [7, 11) is 0. The van der Waals surface area contributed by atoms with Crippen LogP contribution in [0.3, 0.4) is 0 Å². The number of aromatic nitrogens is 3. The molecule has 49 heavy (non-hydrogen) atoms. The Kier molecular flexibility index (Phi) is 8.91. The average molecular weight is 642 g/mol. The first-order chi connectivity index (χ1) is 24.0. The van der Waals surface area contributed by atoms with Crippen molar-refractivity contribution in [2.75, 3.05) is 11.9 Å². The minimum absolute atomic E-state index is 0.228. The van der Waals surface area contributed by atoms with Crippen LogP contribution in [0.4, 0.5) is 11.5 Å². The number of rotatable bonds is 11. The number of carbonyl (C=O) groups is 1. The van der Waals surface area contributed by atoms with Crippen LogP contribution < -0.4 is 5.32 Å². The summed E-state index contributed by atoms with van der Waals surface area (Å²) in [5.74, 6) is -0.178. The van der Waals surface area contributed by atoms with Crippen molar-refractivity contribution in [2.24, 2.45) is 0 Å². The number of fused-ring (bicyclic) bond motifs is 1. The zero-order valence-electron chi connectivity index (χ0n) is 26.5. The second-order valence-corrected chi connectivity index (χ2v) is 11.6. The summed E-state index contributed by atoms with van der Waals surface area (Å²) in [5, 5.41) is 21.8. The van der Waals surface area contributed by atoms with Gasteiger partial charge in [-0.1, -0.05) is 78.9 Å². The summed E-state index contributed by atoms with van der Waals surface area (Å²) >= 11 is 0. The molecule has 0 aliphatic heterocycles. The molecule has 0 bridgehead atoms. The number of carboxylic acids is 1. The topological polar surface area (TPSA) is 113 Å². The molecule has 3 heterocycles. The minimum Gasteiger partial charge on any atom is -0.478 e. The highest BCUT2D eigenvalue weighted by molar-refractivity contribution is 5.88. The normalized spacial score (nSPS) is 10.9. The van der Waals surface area contributed by atoms with Gasteiger partial charge in [-0.15, -0.1) is 0 Å². The summed E-state index contributed by atoms with van der Waals surface area (Å²) in [5.41, 5.74) is 10.3. The molecule has 8 heteroatoms. The van der Waals surface area contributed by atoms with E-state index in [0.717, 1.165) is 68.3 Å². The number of anilines is 2. The second-order valence-electron chi connectivity index (χ2n) is 11.6. The van der Waals surface area contributed by atoms with Crippen LogP contribution in [0.5, 0.6) is 0 Å². The molecule has 0 atom stereocenters. The highest BCUT2D eigenvalue weighted by atomic mass is 16.5. The van der Waals surface area contributed by atoms with Gasteiger partial charge >= 0.3 is 5.97 Å². The molecule has 0 radical (unpaired) electrons. The fraction of sp³-hybridized carbons (Fsp3) is 0.0732. The Bertz CT molecular complexity index is 2260. The first kappa shape index (κ1) is 31.1. The smallest absolute Gasteiger partial charge is 0.335 e. The zero-order valence-corrected chi connectivity index (χ0v) is 26.5. The molecule has 0 fully saturated rings. The Labute approximate surface area is 283 Å². The van der Waals surface area contributed by atoms with Crippen molar-refractivity contribution in [1.29, 1.82) is 5.26 Å². The maximum Gasteiger partial charge on any atom is 0.335 e. The molecule has 0 saturated carbocycles. The van der Waals surface area contributed by atoms with Gasteiger partial charge in [-0.25, -0.2) is 9.78 Å². The Morgan fingerprint density at radius 1 is 0.796 bits per heavy atom. The lowest BCUT2D eigenvalue weighted by Crippen LogP contribution is -2.00. The maximum absolute atomic E-state index is 11.4. The number of ether oxygens (including phenoxy) is 1. The van der Waals surface area contributed by atoms with Gasteiger partial charge in [-0.05, 0) is 77.2 Å². The molecular formula is C41H31N5O3. The minimum atomic E-state index is -0.964. The molecule has 4 aromatic carbocycles. The number of aromatic carboxylic acids is 1. The van der Waals surface area contributed by atoms with E-state index in [4.69, 9.17) is 15.0 Å². The summed E-state index contributed by atoms with van der Waals surface area (Å²) in [6.07, 6.45) is 4.35. The van der Waals surface area contributed by atoms with Crippen molar-refractivity contribution in [3.63, 3.8) is 0 Å². The number of hydrogen-bond acceptors (Lipinski definition) is 6. The number of hydrogen-bond donors (Lipinski definition) is 2. The lowest BCUT2D eigenvalue weighted by molar-refractivity contribution is 0.0697. The number of nitriles is 1. The van der Waals surface area contributed by atoms with E-state index in [9.17, 15) is 9.90 Å². The molecule has 7 rings (SSSR count). The fourth-order valence-electron chi connectivity index (χ4n) is 5.62. The molecule has 7 aromatic rings. The summed E-state index contributed by atoms with van der Waals surface area (Å²) in [6.45, 7) is 1.09. The first-order valence-corrected chi connectivity index (χ1v) is 15.8. The van der Waals surface area contributed by atoms with Crippen molar-refractivity contribution in [3.05, 3.63) is 162 Å². The molecule has 0 amide bonds. The monoisotopic (exact) mass is 641 g/mol. The number of nitrogens with zero attached hydrogens (tertiary/aromatic N) is 4. The third kappa shape index (κ3) is 7.08. The van der Waals surface area contributed by atoms with Crippen LogP contribution >= 0.6 is 0 Å². The van der Waals surface area contributed by atoms with E-state index in [1.807, 2.05) is 59.1 Å². The van der Waals surface area contributed by atoms with Gasteiger partial charge in [0, 0.05) is 29.2 Å². The predicted octanol–water partition coefficient (Wildman–Crippen LogP) is 8.80. The third-order valence-corrected chi connectivity index (χ3v) is 8.30. The van der Waals surface area contributed by atoms with Gasteiger partial charge in [0.05, 0.1) is 30.0 Å². The number of pyridine rings is 2. The van der Waals surface area contributed by atoms with Crippen LogP contribution in [-0.4, -0.2) is 32.1 Å². The van der Waals surface area contributed by atoms with Crippen molar-refractivity contribution >= 4 is 23.1 Å². The average Bonchev–Trinajstić information content (AvgIpc) is 3.51. The number of carboxylic acid groups (broad SMARTS) is 1. The highest BCUT2D eigenvalue weighted by Gasteiger charge is 2.16. The summed E-state index contributed by atoms with van der Waals surface area (Å²) in [6, 6.07) is 43.2. The molecule has 0 saturated heterocycles. The van der Waals surface area contributed by atoms with Crippen molar-refractivity contribution in [3.8, 4) is 39.7 Å². The van der Waals surface area contributed by atoms with Crippen molar-refractivity contribution in [1.82, 2.24) is 14.4 Å². The Balaban J connectivity index is 1.05. The zero-order chi connectivity index (χ0) is 33.6. The SMILES string of the molecule is N#Cc1ccc(-c2ccc(COCCc3ccc(-c4nc5cc(-c6ccccc6)ccn5c4Nc4ccc(C(=O)O)cc4)cc3)cc2)nc1. The Morgan fingerprint density at radius 2 is 1.53 bits per heavy atom. The van der Waals surface area contributed by atoms with Crippen molar-refractivity contribution in [2.45, 2.75) is 13.0 Å². The third-order valence-electron chi connectivity index (χ3n) is 8.30. The van der Waals surface area contributed by atoms with Crippen LogP contribution in [0, 0.1) is 11.3 Å². The van der Waals surface area contributed by atoms with Crippen molar-refractivity contribution < 1.29 is 14.6 Å². The molecule has 0 unspecified atom stereocenters. The van der Waals surface area contributed by atoms with Gasteiger partial charge < -0.3 is 15.2 Å². The maximum atomic E-state index is 11.4. The van der Waals surface area contributed by atoms with Crippen LogP contribution in [0.25, 0.3) is 39.3 Å². The van der Waals surface area contributed by atoms with Gasteiger partial charge in [-0.3, -0.25) is 9.38 Å². The molecule has 3 aromatic heterocycles. The molecule has 0 aliphatic carbocycles. The van der Waals surface area contributed by atoms with E-state index in [0.29, 0.717) is 18.8 Å². The van der Waals surface area contributed by atoms with E-state index < -0.39 is 5.97 Å². The van der Waals surface area contributed by atoms with Gasteiger partial charge in [0.25, 0.3) is 0 Å². The summed E-state index contributed by atoms with van der Waals surface area (Å²) < 4.78 is 8.01. The van der Waals surface area contributed by atoms with Gasteiger partial charge in [-0.2, -0.15) is 5.26 Å². The lowest BCUT2D eigenvalue weighted by atomic mass is 10.1. The van der Waals surface area contributed by atoms with E-state index in [-0.39, 0.29) is 5.56 Å². The second kappa shape index (κ2) is 14.1. The number of imidazole rings is 1. The number of nitrogens with one attached hydrogen (secondary N) is 1. The lowest BCUT2D eigenvalue weighted by Gasteiger charge is -2.10. The fourth-order valence-corrected chi connectivity index (χ4v) is 5.62. The molecule has 8 nitrogen and oxygen atoms in total. The van der Waals surface area contributed by atoms with Gasteiger partial charge in [0.1, 0.15) is 23.2 Å². The van der Waals surface area contributed by atoms with Crippen LogP contribution in [0.2, 0.25) is 0 Å².